The van der Waals surface area contributed by atoms with Gasteiger partial charge in [0.15, 0.2) is 5.82 Å². The van der Waals surface area contributed by atoms with Crippen molar-refractivity contribution in [3.63, 3.8) is 0 Å². The Kier molecular flexibility index (Phi) is 4.02. The Bertz CT molecular complexity index is 599. The summed E-state index contributed by atoms with van der Waals surface area (Å²) in [5.74, 6) is 1.26. The first-order chi connectivity index (χ1) is 9.02. The predicted molar refractivity (Wildman–Crippen MR) is 76.4 cm³/mol. The zero-order valence-corrected chi connectivity index (χ0v) is 11.9. The van der Waals surface area contributed by atoms with E-state index < -0.39 is 0 Å². The first kappa shape index (κ1) is 13.8. The zero-order chi connectivity index (χ0) is 14.0. The molecule has 4 nitrogen and oxygen atoms in total. The standard InChI is InChI=1S/C14H16ClN3O/c1-8(16)12-7-17-14(18-9(12)2)11-5-4-10(15)6-13(11)19-3/h4-8H,16H2,1-3H3. The molecule has 0 fully saturated rings. The fourth-order valence-corrected chi connectivity index (χ4v) is 2.07. The summed E-state index contributed by atoms with van der Waals surface area (Å²) in [4.78, 5) is 8.84. The summed E-state index contributed by atoms with van der Waals surface area (Å²) >= 11 is 5.94. The van der Waals surface area contributed by atoms with Gasteiger partial charge in [-0.25, -0.2) is 9.97 Å². The second kappa shape index (κ2) is 5.55. The predicted octanol–water partition coefficient (Wildman–Crippen LogP) is 3.13. The van der Waals surface area contributed by atoms with Gasteiger partial charge in [0.05, 0.1) is 12.7 Å². The number of ether oxygens (including phenoxy) is 1. The Labute approximate surface area is 117 Å². The number of nitrogens with zero attached hydrogens (tertiary/aromatic N) is 2. The zero-order valence-electron chi connectivity index (χ0n) is 11.1. The summed E-state index contributed by atoms with van der Waals surface area (Å²) < 4.78 is 5.31. The number of halogens is 1. The monoisotopic (exact) mass is 277 g/mol. The van der Waals surface area contributed by atoms with Crippen LogP contribution in [0.4, 0.5) is 0 Å². The maximum atomic E-state index is 5.94. The van der Waals surface area contributed by atoms with Gasteiger partial charge in [-0.2, -0.15) is 0 Å². The van der Waals surface area contributed by atoms with Gasteiger partial charge in [-0.1, -0.05) is 11.6 Å². The van der Waals surface area contributed by atoms with Crippen molar-refractivity contribution < 1.29 is 4.74 Å². The number of nitrogens with two attached hydrogens (primary N) is 1. The molecule has 0 amide bonds. The Morgan fingerprint density at radius 1 is 1.37 bits per heavy atom. The van der Waals surface area contributed by atoms with Crippen molar-refractivity contribution >= 4 is 11.6 Å². The maximum Gasteiger partial charge on any atom is 0.163 e. The third-order valence-electron chi connectivity index (χ3n) is 2.91. The molecule has 0 aliphatic rings. The Balaban J connectivity index is 2.51. The molecular weight excluding hydrogens is 262 g/mol. The van der Waals surface area contributed by atoms with Gasteiger partial charge in [0.1, 0.15) is 5.75 Å². The van der Waals surface area contributed by atoms with E-state index in [1.165, 1.54) is 0 Å². The minimum Gasteiger partial charge on any atom is -0.496 e. The molecule has 2 rings (SSSR count). The van der Waals surface area contributed by atoms with Crippen LogP contribution >= 0.6 is 11.6 Å². The number of benzene rings is 1. The van der Waals surface area contributed by atoms with Gasteiger partial charge in [0.2, 0.25) is 0 Å². The lowest BCUT2D eigenvalue weighted by Crippen LogP contribution is -2.09. The summed E-state index contributed by atoms with van der Waals surface area (Å²) in [7, 11) is 1.60. The number of rotatable bonds is 3. The van der Waals surface area contributed by atoms with Gasteiger partial charge >= 0.3 is 0 Å². The van der Waals surface area contributed by atoms with Crippen LogP contribution in [0.15, 0.2) is 24.4 Å². The van der Waals surface area contributed by atoms with E-state index in [2.05, 4.69) is 9.97 Å². The molecule has 1 unspecified atom stereocenters. The summed E-state index contributed by atoms with van der Waals surface area (Å²) in [5.41, 5.74) is 8.48. The van der Waals surface area contributed by atoms with Gasteiger partial charge in [0.25, 0.3) is 0 Å². The topological polar surface area (TPSA) is 61.0 Å². The van der Waals surface area contributed by atoms with Crippen molar-refractivity contribution in [2.24, 2.45) is 5.73 Å². The van der Waals surface area contributed by atoms with Crippen molar-refractivity contribution in [1.82, 2.24) is 9.97 Å². The third-order valence-corrected chi connectivity index (χ3v) is 3.15. The lowest BCUT2D eigenvalue weighted by molar-refractivity contribution is 0.416. The highest BCUT2D eigenvalue weighted by Gasteiger charge is 2.12. The van der Waals surface area contributed by atoms with Crippen LogP contribution in [0.3, 0.4) is 0 Å². The lowest BCUT2D eigenvalue weighted by Gasteiger charge is -2.12. The van der Waals surface area contributed by atoms with Gasteiger partial charge in [-0.3, -0.25) is 0 Å². The third kappa shape index (κ3) is 2.85. The van der Waals surface area contributed by atoms with Crippen LogP contribution in [0.2, 0.25) is 5.02 Å². The molecule has 0 saturated heterocycles. The molecule has 0 radical (unpaired) electrons. The van der Waals surface area contributed by atoms with Crippen molar-refractivity contribution in [3.8, 4) is 17.1 Å². The van der Waals surface area contributed by atoms with Crippen molar-refractivity contribution in [1.29, 1.82) is 0 Å². The number of hydrogen-bond donors (Lipinski definition) is 1. The number of aryl methyl sites for hydroxylation is 1. The van der Waals surface area contributed by atoms with Crippen LogP contribution < -0.4 is 10.5 Å². The lowest BCUT2D eigenvalue weighted by atomic mass is 10.1. The normalized spacial score (nSPS) is 12.3. The number of aromatic nitrogens is 2. The first-order valence-electron chi connectivity index (χ1n) is 5.96. The van der Waals surface area contributed by atoms with Crippen LogP contribution in [0, 0.1) is 6.92 Å². The molecule has 19 heavy (non-hydrogen) atoms. The van der Waals surface area contributed by atoms with E-state index in [4.69, 9.17) is 22.1 Å². The molecule has 2 aromatic rings. The van der Waals surface area contributed by atoms with Crippen molar-refractivity contribution in [2.75, 3.05) is 7.11 Å². The molecule has 0 spiro atoms. The highest BCUT2D eigenvalue weighted by atomic mass is 35.5. The Morgan fingerprint density at radius 2 is 2.11 bits per heavy atom. The molecule has 1 heterocycles. The molecule has 0 bridgehead atoms. The number of hydrogen-bond acceptors (Lipinski definition) is 4. The highest BCUT2D eigenvalue weighted by molar-refractivity contribution is 6.30. The van der Waals surface area contributed by atoms with Crippen LogP contribution in [0.5, 0.6) is 5.75 Å². The minimum atomic E-state index is -0.0823. The Hall–Kier alpha value is -1.65. The van der Waals surface area contributed by atoms with Crippen LogP contribution in [-0.4, -0.2) is 17.1 Å². The van der Waals surface area contributed by atoms with Crippen molar-refractivity contribution in [3.05, 3.63) is 40.7 Å². The highest BCUT2D eigenvalue weighted by Crippen LogP contribution is 2.30. The number of methoxy groups -OCH3 is 1. The Morgan fingerprint density at radius 3 is 2.68 bits per heavy atom. The molecule has 100 valence electrons. The molecule has 5 heteroatoms. The van der Waals surface area contributed by atoms with Crippen LogP contribution in [-0.2, 0) is 0 Å². The molecule has 1 aromatic heterocycles. The van der Waals surface area contributed by atoms with Crippen molar-refractivity contribution in [2.45, 2.75) is 19.9 Å². The first-order valence-corrected chi connectivity index (χ1v) is 6.33. The average Bonchev–Trinajstić information content (AvgIpc) is 2.37. The van der Waals surface area contributed by atoms with Gasteiger partial charge in [-0.15, -0.1) is 0 Å². The second-order valence-electron chi connectivity index (χ2n) is 4.37. The van der Waals surface area contributed by atoms with Gasteiger partial charge in [-0.05, 0) is 32.0 Å². The van der Waals surface area contributed by atoms with E-state index >= 15 is 0 Å². The molecule has 0 saturated carbocycles. The maximum absolute atomic E-state index is 5.94. The quantitative estimate of drug-likeness (QED) is 0.936. The van der Waals surface area contributed by atoms with E-state index in [0.29, 0.717) is 16.6 Å². The fraction of sp³-hybridized carbons (Fsp3) is 0.286. The summed E-state index contributed by atoms with van der Waals surface area (Å²) in [6, 6.07) is 5.30. The second-order valence-corrected chi connectivity index (χ2v) is 4.80. The van der Waals surface area contributed by atoms with Crippen LogP contribution in [0.1, 0.15) is 24.2 Å². The summed E-state index contributed by atoms with van der Waals surface area (Å²) in [5, 5.41) is 0.615. The van der Waals surface area contributed by atoms with E-state index in [9.17, 15) is 0 Å². The van der Waals surface area contributed by atoms with Crippen LogP contribution in [0.25, 0.3) is 11.4 Å². The van der Waals surface area contributed by atoms with E-state index in [0.717, 1.165) is 16.8 Å². The van der Waals surface area contributed by atoms with Gasteiger partial charge < -0.3 is 10.5 Å². The molecule has 1 aromatic carbocycles. The fourth-order valence-electron chi connectivity index (χ4n) is 1.90. The molecule has 0 aliphatic carbocycles. The van der Waals surface area contributed by atoms with E-state index in [-0.39, 0.29) is 6.04 Å². The average molecular weight is 278 g/mol. The molecular formula is C14H16ClN3O. The molecule has 1 atom stereocenters. The summed E-state index contributed by atoms with van der Waals surface area (Å²) in [6.45, 7) is 3.83. The summed E-state index contributed by atoms with van der Waals surface area (Å²) in [6.07, 6.45) is 1.76. The van der Waals surface area contributed by atoms with E-state index in [1.54, 1.807) is 25.4 Å². The SMILES string of the molecule is COc1cc(Cl)ccc1-c1ncc(C(C)N)c(C)n1. The minimum absolute atomic E-state index is 0.0823. The smallest absolute Gasteiger partial charge is 0.163 e. The molecule has 0 aliphatic heterocycles. The van der Waals surface area contributed by atoms with Gasteiger partial charge in [0, 0.05) is 28.5 Å². The largest absolute Gasteiger partial charge is 0.496 e. The molecule has 2 N–H and O–H groups in total. The van der Waals surface area contributed by atoms with E-state index in [1.807, 2.05) is 19.9 Å².